The van der Waals surface area contributed by atoms with Crippen LogP contribution in [0.25, 0.3) is 0 Å². The molecule has 0 radical (unpaired) electrons. The second-order valence-corrected chi connectivity index (χ2v) is 3.96. The SMILES string of the molecule is N#Cc1ccc(O)c(N)c1.N#Cc1ccc(O)c([N+](=O)[O-])c1. The molecule has 0 aliphatic carbocycles. The number of phenols is 2. The number of benzene rings is 2. The van der Waals surface area contributed by atoms with Crippen molar-refractivity contribution in [2.24, 2.45) is 0 Å². The summed E-state index contributed by atoms with van der Waals surface area (Å²) >= 11 is 0. The van der Waals surface area contributed by atoms with Gasteiger partial charge in [-0.1, -0.05) is 0 Å². The molecule has 0 amide bonds. The molecule has 0 aliphatic rings. The third-order valence-corrected chi connectivity index (χ3v) is 2.46. The lowest BCUT2D eigenvalue weighted by Crippen LogP contribution is -1.88. The van der Waals surface area contributed by atoms with Crippen LogP contribution in [0.3, 0.4) is 0 Å². The van der Waals surface area contributed by atoms with Gasteiger partial charge in [0.15, 0.2) is 5.75 Å². The topological polar surface area (TPSA) is 157 Å². The summed E-state index contributed by atoms with van der Waals surface area (Å²) in [5.74, 6) is -0.419. The molecule has 0 aliphatic heterocycles. The van der Waals surface area contributed by atoms with Crippen LogP contribution in [0.1, 0.15) is 11.1 Å². The Morgan fingerprint density at radius 2 is 1.50 bits per heavy atom. The summed E-state index contributed by atoms with van der Waals surface area (Å²) in [4.78, 5) is 9.49. The number of nitriles is 2. The smallest absolute Gasteiger partial charge is 0.312 e. The van der Waals surface area contributed by atoms with E-state index in [9.17, 15) is 10.1 Å². The molecule has 0 spiro atoms. The number of anilines is 1. The van der Waals surface area contributed by atoms with E-state index in [4.69, 9.17) is 26.5 Å². The zero-order chi connectivity index (χ0) is 16.7. The van der Waals surface area contributed by atoms with E-state index in [1.165, 1.54) is 24.3 Å². The summed E-state index contributed by atoms with van der Waals surface area (Å²) in [7, 11) is 0. The molecular weight excluding hydrogens is 288 g/mol. The Morgan fingerprint density at radius 3 is 1.95 bits per heavy atom. The molecule has 8 nitrogen and oxygen atoms in total. The van der Waals surface area contributed by atoms with Crippen molar-refractivity contribution in [2.75, 3.05) is 5.73 Å². The summed E-state index contributed by atoms with van der Waals surface area (Å²) in [6.07, 6.45) is 0. The van der Waals surface area contributed by atoms with Gasteiger partial charge in [-0.15, -0.1) is 0 Å². The van der Waals surface area contributed by atoms with Gasteiger partial charge in [0.05, 0.1) is 33.9 Å². The monoisotopic (exact) mass is 298 g/mol. The van der Waals surface area contributed by atoms with Gasteiger partial charge in [0, 0.05) is 6.07 Å². The zero-order valence-electron chi connectivity index (χ0n) is 11.1. The Balaban J connectivity index is 0.000000224. The quantitative estimate of drug-likeness (QED) is 0.314. The van der Waals surface area contributed by atoms with Crippen molar-refractivity contribution in [2.45, 2.75) is 0 Å². The van der Waals surface area contributed by atoms with Crippen molar-refractivity contribution in [1.29, 1.82) is 10.5 Å². The lowest BCUT2D eigenvalue weighted by molar-refractivity contribution is -0.385. The van der Waals surface area contributed by atoms with Crippen LogP contribution < -0.4 is 5.73 Å². The minimum Gasteiger partial charge on any atom is -0.506 e. The number of nitro groups is 1. The van der Waals surface area contributed by atoms with Gasteiger partial charge in [0.25, 0.3) is 0 Å². The number of hydrogen-bond donors (Lipinski definition) is 3. The van der Waals surface area contributed by atoms with Crippen molar-refractivity contribution < 1.29 is 15.1 Å². The van der Waals surface area contributed by atoms with E-state index in [2.05, 4.69) is 0 Å². The van der Waals surface area contributed by atoms with Crippen molar-refractivity contribution in [3.8, 4) is 23.6 Å². The van der Waals surface area contributed by atoms with Crippen molar-refractivity contribution >= 4 is 11.4 Å². The number of nitrogens with zero attached hydrogens (tertiary/aromatic N) is 3. The first-order valence-electron chi connectivity index (χ1n) is 5.75. The fourth-order valence-corrected chi connectivity index (χ4v) is 1.36. The Labute approximate surface area is 125 Å². The molecule has 0 heterocycles. The van der Waals surface area contributed by atoms with E-state index >= 15 is 0 Å². The van der Waals surface area contributed by atoms with Gasteiger partial charge < -0.3 is 15.9 Å². The van der Waals surface area contributed by atoms with Gasteiger partial charge >= 0.3 is 5.69 Å². The molecule has 0 fully saturated rings. The van der Waals surface area contributed by atoms with Gasteiger partial charge in [0.2, 0.25) is 0 Å². The third kappa shape index (κ3) is 4.11. The number of rotatable bonds is 1. The summed E-state index contributed by atoms with van der Waals surface area (Å²) in [5.41, 5.74) is 5.69. The summed E-state index contributed by atoms with van der Waals surface area (Å²) in [6, 6.07) is 11.4. The van der Waals surface area contributed by atoms with Crippen LogP contribution in [0.4, 0.5) is 11.4 Å². The highest BCUT2D eigenvalue weighted by Gasteiger charge is 2.12. The van der Waals surface area contributed by atoms with Gasteiger partial charge in [-0.2, -0.15) is 10.5 Å². The van der Waals surface area contributed by atoms with Crippen LogP contribution in [-0.4, -0.2) is 15.1 Å². The van der Waals surface area contributed by atoms with Crippen molar-refractivity contribution in [3.05, 3.63) is 57.6 Å². The number of nitrogens with two attached hydrogens (primary N) is 1. The van der Waals surface area contributed by atoms with Crippen LogP contribution in [0.2, 0.25) is 0 Å². The Morgan fingerprint density at radius 1 is 1.00 bits per heavy atom. The number of phenolic OH excluding ortho intramolecular Hbond substituents is 2. The molecule has 2 rings (SSSR count). The van der Waals surface area contributed by atoms with Gasteiger partial charge in [-0.25, -0.2) is 0 Å². The molecule has 0 unspecified atom stereocenters. The normalized spacial score (nSPS) is 8.82. The molecular formula is C14H10N4O4. The molecule has 8 heteroatoms. The fraction of sp³-hybridized carbons (Fsp3) is 0. The minimum absolute atomic E-state index is 0.0130. The Bertz CT molecular complexity index is 790. The van der Waals surface area contributed by atoms with E-state index in [-0.39, 0.29) is 17.0 Å². The maximum absolute atomic E-state index is 10.2. The lowest BCUT2D eigenvalue weighted by atomic mass is 10.2. The minimum atomic E-state index is -0.740. The molecule has 0 atom stereocenters. The molecule has 22 heavy (non-hydrogen) atoms. The zero-order valence-corrected chi connectivity index (χ0v) is 11.1. The van der Waals surface area contributed by atoms with Crippen LogP contribution >= 0.6 is 0 Å². The van der Waals surface area contributed by atoms with Crippen molar-refractivity contribution in [3.63, 3.8) is 0 Å². The molecule has 0 aromatic heterocycles. The lowest BCUT2D eigenvalue weighted by Gasteiger charge is -1.95. The van der Waals surface area contributed by atoms with E-state index in [1.807, 2.05) is 6.07 Å². The highest BCUT2D eigenvalue weighted by Crippen LogP contribution is 2.25. The first-order chi connectivity index (χ1) is 10.4. The van der Waals surface area contributed by atoms with Crippen LogP contribution in [0, 0.1) is 32.8 Å². The molecule has 0 saturated heterocycles. The summed E-state index contributed by atoms with van der Waals surface area (Å²) < 4.78 is 0. The average Bonchev–Trinajstić information content (AvgIpc) is 2.51. The van der Waals surface area contributed by atoms with Crippen LogP contribution in [0.15, 0.2) is 36.4 Å². The second kappa shape index (κ2) is 7.12. The third-order valence-electron chi connectivity index (χ3n) is 2.46. The summed E-state index contributed by atoms with van der Waals surface area (Å²) in [6.45, 7) is 0. The predicted octanol–water partition coefficient (Wildman–Crippen LogP) is 2.02. The second-order valence-electron chi connectivity index (χ2n) is 3.96. The molecule has 2 aromatic carbocycles. The van der Waals surface area contributed by atoms with E-state index in [1.54, 1.807) is 6.07 Å². The number of nitrogen functional groups attached to an aromatic ring is 1. The highest BCUT2D eigenvalue weighted by molar-refractivity contribution is 5.55. The standard InChI is InChI=1S/C7H4N2O3.C7H6N2O/c8-4-5-1-2-7(10)6(3-5)9(11)12;8-4-5-1-2-7(10)6(9)3-5/h1-3,10H;1-3,10H,9H2. The molecule has 2 aromatic rings. The summed E-state index contributed by atoms with van der Waals surface area (Å²) in [5, 5.41) is 44.8. The Hall–Kier alpha value is -3.78. The van der Waals surface area contributed by atoms with Crippen LogP contribution in [-0.2, 0) is 0 Å². The van der Waals surface area contributed by atoms with E-state index < -0.39 is 16.4 Å². The number of nitro benzene ring substituents is 1. The highest BCUT2D eigenvalue weighted by atomic mass is 16.6. The largest absolute Gasteiger partial charge is 0.506 e. The van der Waals surface area contributed by atoms with Crippen LogP contribution in [0.5, 0.6) is 11.5 Å². The Kier molecular flexibility index (Phi) is 5.27. The molecule has 0 bridgehead atoms. The first-order valence-corrected chi connectivity index (χ1v) is 5.75. The average molecular weight is 298 g/mol. The van der Waals surface area contributed by atoms with Gasteiger partial charge in [0.1, 0.15) is 5.75 Å². The van der Waals surface area contributed by atoms with Gasteiger partial charge in [-0.3, -0.25) is 10.1 Å². The predicted molar refractivity (Wildman–Crippen MR) is 76.7 cm³/mol. The van der Waals surface area contributed by atoms with E-state index in [0.717, 1.165) is 12.1 Å². The molecule has 4 N–H and O–H groups in total. The maximum atomic E-state index is 10.2. The number of hydrogen-bond acceptors (Lipinski definition) is 7. The van der Waals surface area contributed by atoms with Crippen molar-refractivity contribution in [1.82, 2.24) is 0 Å². The first kappa shape index (κ1) is 16.3. The van der Waals surface area contributed by atoms with Gasteiger partial charge in [-0.05, 0) is 30.3 Å². The fourth-order valence-electron chi connectivity index (χ4n) is 1.36. The number of aromatic hydroxyl groups is 2. The maximum Gasteiger partial charge on any atom is 0.312 e. The molecule has 0 saturated carbocycles. The van der Waals surface area contributed by atoms with E-state index in [0.29, 0.717) is 5.56 Å². The molecule has 110 valence electrons.